The zero-order valence-electron chi connectivity index (χ0n) is 12.8. The fourth-order valence-electron chi connectivity index (χ4n) is 2.24. The SMILES string of the molecule is N=COC(=N)CC(O)c1cc(-c2ccc(C(F)(F)F)cc2)ccc1Cl. The number of ether oxygens (including phenoxy) is 1. The number of aliphatic hydroxyl groups is 1. The number of nitrogens with one attached hydrogen (secondary N) is 2. The van der Waals surface area contributed by atoms with E-state index >= 15 is 0 Å². The van der Waals surface area contributed by atoms with Crippen LogP contribution in [0.4, 0.5) is 13.2 Å². The van der Waals surface area contributed by atoms with Gasteiger partial charge in [0.1, 0.15) is 0 Å². The quantitative estimate of drug-likeness (QED) is 0.508. The molecule has 8 heteroatoms. The van der Waals surface area contributed by atoms with E-state index in [1.54, 1.807) is 12.1 Å². The van der Waals surface area contributed by atoms with E-state index in [0.29, 0.717) is 23.1 Å². The molecule has 132 valence electrons. The minimum Gasteiger partial charge on any atom is -0.433 e. The van der Waals surface area contributed by atoms with Gasteiger partial charge in [0, 0.05) is 10.6 Å². The summed E-state index contributed by atoms with van der Waals surface area (Å²) in [5.41, 5.74) is 0.677. The van der Waals surface area contributed by atoms with Crippen molar-refractivity contribution in [3.63, 3.8) is 0 Å². The molecule has 0 aliphatic rings. The van der Waals surface area contributed by atoms with Crippen molar-refractivity contribution in [2.45, 2.75) is 18.7 Å². The first-order chi connectivity index (χ1) is 11.7. The molecule has 0 spiro atoms. The predicted octanol–water partition coefficient (Wildman–Crippen LogP) is 5.05. The van der Waals surface area contributed by atoms with E-state index in [2.05, 4.69) is 4.74 Å². The van der Waals surface area contributed by atoms with Gasteiger partial charge in [0.2, 0.25) is 0 Å². The van der Waals surface area contributed by atoms with Crippen LogP contribution in [0.25, 0.3) is 11.1 Å². The molecule has 0 amide bonds. The summed E-state index contributed by atoms with van der Waals surface area (Å²) in [5, 5.41) is 24.7. The molecule has 4 nitrogen and oxygen atoms in total. The van der Waals surface area contributed by atoms with Crippen LogP contribution >= 0.6 is 11.6 Å². The van der Waals surface area contributed by atoms with E-state index < -0.39 is 17.8 Å². The van der Waals surface area contributed by atoms with E-state index in [4.69, 9.17) is 22.4 Å². The second-order valence-electron chi connectivity index (χ2n) is 5.19. The molecule has 0 aliphatic heterocycles. The minimum atomic E-state index is -4.41. The Hall–Kier alpha value is -2.38. The molecule has 2 aromatic rings. The number of rotatable bonds is 5. The van der Waals surface area contributed by atoms with Crippen LogP contribution in [0.1, 0.15) is 23.7 Å². The maximum absolute atomic E-state index is 12.6. The molecule has 0 heterocycles. The Balaban J connectivity index is 2.29. The Kier molecular flexibility index (Phi) is 5.81. The summed E-state index contributed by atoms with van der Waals surface area (Å²) in [5.74, 6) is -0.307. The zero-order valence-corrected chi connectivity index (χ0v) is 13.5. The lowest BCUT2D eigenvalue weighted by Gasteiger charge is -2.14. The third kappa shape index (κ3) is 4.80. The first kappa shape index (κ1) is 19.0. The van der Waals surface area contributed by atoms with Gasteiger partial charge in [-0.1, -0.05) is 29.8 Å². The number of halogens is 4. The van der Waals surface area contributed by atoms with Crippen LogP contribution in [0.3, 0.4) is 0 Å². The fraction of sp³-hybridized carbons (Fsp3) is 0.176. The highest BCUT2D eigenvalue weighted by Gasteiger charge is 2.30. The molecule has 0 bridgehead atoms. The van der Waals surface area contributed by atoms with E-state index in [1.807, 2.05) is 0 Å². The summed E-state index contributed by atoms with van der Waals surface area (Å²) in [4.78, 5) is 0. The lowest BCUT2D eigenvalue weighted by atomic mass is 9.98. The number of aliphatic hydroxyl groups excluding tert-OH is 1. The molecule has 0 aliphatic carbocycles. The summed E-state index contributed by atoms with van der Waals surface area (Å²) < 4.78 is 42.4. The van der Waals surface area contributed by atoms with Gasteiger partial charge in [-0.2, -0.15) is 13.2 Å². The largest absolute Gasteiger partial charge is 0.433 e. The third-order valence-electron chi connectivity index (χ3n) is 3.48. The van der Waals surface area contributed by atoms with Crippen molar-refractivity contribution < 1.29 is 23.0 Å². The highest BCUT2D eigenvalue weighted by atomic mass is 35.5. The van der Waals surface area contributed by atoms with Crippen molar-refractivity contribution in [1.29, 1.82) is 10.8 Å². The first-order valence-electron chi connectivity index (χ1n) is 7.10. The Bertz CT molecular complexity index is 776. The number of hydrogen-bond acceptors (Lipinski definition) is 4. The highest BCUT2D eigenvalue weighted by Crippen LogP contribution is 2.33. The second kappa shape index (κ2) is 7.67. The molecule has 1 unspecified atom stereocenters. The van der Waals surface area contributed by atoms with Crippen molar-refractivity contribution in [2.24, 2.45) is 0 Å². The van der Waals surface area contributed by atoms with Crippen molar-refractivity contribution in [3.05, 3.63) is 58.6 Å². The zero-order chi connectivity index (χ0) is 18.6. The summed E-state index contributed by atoms with van der Waals surface area (Å²) in [6, 6.07) is 9.33. The Labute approximate surface area is 146 Å². The molecule has 2 rings (SSSR count). The maximum Gasteiger partial charge on any atom is 0.416 e. The monoisotopic (exact) mass is 370 g/mol. The molecule has 2 aromatic carbocycles. The van der Waals surface area contributed by atoms with Crippen molar-refractivity contribution in [2.75, 3.05) is 0 Å². The predicted molar refractivity (Wildman–Crippen MR) is 89.1 cm³/mol. The molecule has 1 atom stereocenters. The topological polar surface area (TPSA) is 77.2 Å². The van der Waals surface area contributed by atoms with Gasteiger partial charge in [-0.05, 0) is 35.4 Å². The molecule has 0 radical (unpaired) electrons. The third-order valence-corrected chi connectivity index (χ3v) is 3.82. The van der Waals surface area contributed by atoms with Gasteiger partial charge in [0.25, 0.3) is 0 Å². The van der Waals surface area contributed by atoms with E-state index in [0.717, 1.165) is 12.1 Å². The van der Waals surface area contributed by atoms with Gasteiger partial charge in [-0.25, -0.2) is 0 Å². The van der Waals surface area contributed by atoms with Crippen LogP contribution in [0.15, 0.2) is 42.5 Å². The van der Waals surface area contributed by atoms with Crippen LogP contribution in [0, 0.1) is 10.8 Å². The average molecular weight is 371 g/mol. The molecule has 0 saturated heterocycles. The van der Waals surface area contributed by atoms with Gasteiger partial charge >= 0.3 is 6.18 Å². The molecule has 0 fully saturated rings. The van der Waals surface area contributed by atoms with Gasteiger partial charge in [0.05, 0.1) is 18.1 Å². The van der Waals surface area contributed by atoms with Crippen LogP contribution in [-0.4, -0.2) is 17.4 Å². The van der Waals surface area contributed by atoms with Crippen LogP contribution in [-0.2, 0) is 10.9 Å². The fourth-order valence-corrected chi connectivity index (χ4v) is 2.48. The Morgan fingerprint density at radius 1 is 1.16 bits per heavy atom. The summed E-state index contributed by atoms with van der Waals surface area (Å²) in [6.45, 7) is 0. The molecule has 3 N–H and O–H groups in total. The summed E-state index contributed by atoms with van der Waals surface area (Å²) in [6.07, 6.45) is -5.16. The summed E-state index contributed by atoms with van der Waals surface area (Å²) >= 11 is 6.06. The smallest absolute Gasteiger partial charge is 0.416 e. The molecule has 0 saturated carbocycles. The Morgan fingerprint density at radius 2 is 1.76 bits per heavy atom. The lowest BCUT2D eigenvalue weighted by Crippen LogP contribution is -2.09. The minimum absolute atomic E-state index is 0.189. The van der Waals surface area contributed by atoms with Crippen LogP contribution in [0.5, 0.6) is 0 Å². The van der Waals surface area contributed by atoms with Gasteiger partial charge in [-0.3, -0.25) is 10.8 Å². The van der Waals surface area contributed by atoms with Gasteiger partial charge in [-0.15, -0.1) is 0 Å². The molecule has 25 heavy (non-hydrogen) atoms. The maximum atomic E-state index is 12.6. The van der Waals surface area contributed by atoms with Crippen LogP contribution < -0.4 is 0 Å². The van der Waals surface area contributed by atoms with Crippen molar-refractivity contribution >= 4 is 23.9 Å². The standard InChI is InChI=1S/C17H14ClF3N2O2/c18-14-6-3-11(7-13(14)15(24)8-16(23)25-9-22)10-1-4-12(5-2-10)17(19,20)21/h1-7,9,15,22-24H,8H2. The summed E-state index contributed by atoms with van der Waals surface area (Å²) in [7, 11) is 0. The lowest BCUT2D eigenvalue weighted by molar-refractivity contribution is -0.137. The van der Waals surface area contributed by atoms with Crippen molar-refractivity contribution in [3.8, 4) is 11.1 Å². The number of hydrogen-bond donors (Lipinski definition) is 3. The van der Waals surface area contributed by atoms with Gasteiger partial charge in [0.15, 0.2) is 12.3 Å². The first-order valence-corrected chi connectivity index (χ1v) is 7.48. The number of alkyl halides is 3. The van der Waals surface area contributed by atoms with E-state index in [9.17, 15) is 18.3 Å². The second-order valence-corrected chi connectivity index (χ2v) is 5.60. The van der Waals surface area contributed by atoms with E-state index in [-0.39, 0.29) is 17.3 Å². The highest BCUT2D eigenvalue weighted by molar-refractivity contribution is 6.31. The normalized spacial score (nSPS) is 12.5. The number of benzene rings is 2. The molecular weight excluding hydrogens is 357 g/mol. The molecule has 0 aromatic heterocycles. The van der Waals surface area contributed by atoms with E-state index in [1.165, 1.54) is 18.2 Å². The van der Waals surface area contributed by atoms with Crippen molar-refractivity contribution in [1.82, 2.24) is 0 Å². The van der Waals surface area contributed by atoms with Gasteiger partial charge < -0.3 is 9.84 Å². The average Bonchev–Trinajstić information content (AvgIpc) is 2.54. The molecular formula is C17H14ClF3N2O2. The Morgan fingerprint density at radius 3 is 2.32 bits per heavy atom. The van der Waals surface area contributed by atoms with Crippen LogP contribution in [0.2, 0.25) is 5.02 Å².